The monoisotopic (exact) mass is 903 g/mol. The molecule has 63 heavy (non-hydrogen) atoms. The van der Waals surface area contributed by atoms with Gasteiger partial charge in [0.25, 0.3) is 0 Å². The first kappa shape index (κ1) is 57.1. The van der Waals surface area contributed by atoms with E-state index in [9.17, 15) is 45.3 Å². The summed E-state index contributed by atoms with van der Waals surface area (Å²) in [5, 5.41) is 71.7. The summed E-state index contributed by atoms with van der Waals surface area (Å²) in [6.07, 6.45) is 18.7. The summed E-state index contributed by atoms with van der Waals surface area (Å²) < 4.78 is 33.3. The molecule has 2 rings (SSSR count). The summed E-state index contributed by atoms with van der Waals surface area (Å²) in [4.78, 5) is 25.3. The van der Waals surface area contributed by atoms with Crippen molar-refractivity contribution >= 4 is 11.9 Å². The zero-order valence-corrected chi connectivity index (χ0v) is 38.6. The molecular weight excluding hydrogens is 817 g/mol. The lowest BCUT2D eigenvalue weighted by Crippen LogP contribution is -2.61. The van der Waals surface area contributed by atoms with Crippen LogP contribution in [0.4, 0.5) is 0 Å². The van der Waals surface area contributed by atoms with Crippen molar-refractivity contribution in [2.45, 2.75) is 242 Å². The quantitative estimate of drug-likeness (QED) is 0.0216. The number of esters is 2. The second-order valence-corrected chi connectivity index (χ2v) is 17.3. The van der Waals surface area contributed by atoms with Crippen LogP contribution in [0.2, 0.25) is 0 Å². The van der Waals surface area contributed by atoms with Crippen molar-refractivity contribution in [1.29, 1.82) is 0 Å². The van der Waals surface area contributed by atoms with Crippen LogP contribution in [-0.2, 0) is 38.0 Å². The summed E-state index contributed by atoms with van der Waals surface area (Å²) in [5.74, 6) is -0.944. The Balaban J connectivity index is 1.69. The fourth-order valence-electron chi connectivity index (χ4n) is 7.60. The highest BCUT2D eigenvalue weighted by Crippen LogP contribution is 2.26. The minimum absolute atomic E-state index is 0.164. The van der Waals surface area contributed by atoms with Gasteiger partial charge in [-0.05, 0) is 44.9 Å². The number of ether oxygens (including phenoxy) is 6. The number of aliphatic hydroxyl groups is 7. The predicted octanol–water partition coefficient (Wildman–Crippen LogP) is 5.99. The third-order valence-corrected chi connectivity index (χ3v) is 11.7. The molecule has 0 saturated carbocycles. The van der Waals surface area contributed by atoms with Gasteiger partial charge in [-0.15, -0.1) is 0 Å². The Labute approximate surface area is 377 Å². The molecule has 0 aromatic rings. The molecule has 2 saturated heterocycles. The molecule has 0 amide bonds. The van der Waals surface area contributed by atoms with Crippen molar-refractivity contribution < 1.29 is 73.8 Å². The highest BCUT2D eigenvalue weighted by Gasteiger charge is 2.47. The summed E-state index contributed by atoms with van der Waals surface area (Å²) in [6, 6.07) is 0. The van der Waals surface area contributed by atoms with E-state index in [0.717, 1.165) is 51.4 Å². The predicted molar refractivity (Wildman–Crippen MR) is 238 cm³/mol. The molecule has 2 heterocycles. The fraction of sp³-hybridized carbons (Fsp3) is 0.875. The Morgan fingerprint density at radius 3 is 1.49 bits per heavy atom. The van der Waals surface area contributed by atoms with Gasteiger partial charge >= 0.3 is 11.9 Å². The molecular formula is C48H86O15. The smallest absolute Gasteiger partial charge is 0.306 e. The second-order valence-electron chi connectivity index (χ2n) is 17.3. The van der Waals surface area contributed by atoms with Gasteiger partial charge in [-0.2, -0.15) is 0 Å². The van der Waals surface area contributed by atoms with E-state index >= 15 is 0 Å². The molecule has 15 nitrogen and oxygen atoms in total. The number of rotatable bonds is 37. The third-order valence-electron chi connectivity index (χ3n) is 11.7. The summed E-state index contributed by atoms with van der Waals surface area (Å²) in [5.41, 5.74) is 0. The number of allylic oxidation sites excluding steroid dienone is 4. The van der Waals surface area contributed by atoms with Crippen LogP contribution in [0.15, 0.2) is 24.3 Å². The minimum Gasteiger partial charge on any atom is -0.462 e. The molecule has 2 fully saturated rings. The van der Waals surface area contributed by atoms with Crippen molar-refractivity contribution in [2.75, 3.05) is 26.4 Å². The van der Waals surface area contributed by atoms with E-state index < -0.39 is 92.7 Å². The van der Waals surface area contributed by atoms with Gasteiger partial charge in [-0.3, -0.25) is 9.59 Å². The first-order valence-electron chi connectivity index (χ1n) is 24.4. The maximum absolute atomic E-state index is 12.9. The number of carbonyl (C=O) groups excluding carboxylic acids is 2. The molecule has 0 radical (unpaired) electrons. The summed E-state index contributed by atoms with van der Waals surface area (Å²) in [7, 11) is 0. The molecule has 11 unspecified atom stereocenters. The SMILES string of the molecule is CCCCCCC/C=C\C/C=C\CCCCCCCCCCCCCC(=O)OC(COC(=O)CCCCCC)COC1OC(COC2OC(CO)C(O)C(O)C2O)C(O)C(O)C1O. The molecule has 2 aliphatic rings. The topological polar surface area (TPSA) is 231 Å². The van der Waals surface area contributed by atoms with Crippen LogP contribution in [0.5, 0.6) is 0 Å². The maximum atomic E-state index is 12.9. The van der Waals surface area contributed by atoms with E-state index in [4.69, 9.17) is 28.4 Å². The van der Waals surface area contributed by atoms with Crippen molar-refractivity contribution in [3.8, 4) is 0 Å². The first-order chi connectivity index (χ1) is 30.5. The van der Waals surface area contributed by atoms with Crippen LogP contribution in [0.3, 0.4) is 0 Å². The van der Waals surface area contributed by atoms with E-state index in [1.54, 1.807) is 0 Å². The Bertz CT molecular complexity index is 1200. The van der Waals surface area contributed by atoms with Gasteiger partial charge in [-0.1, -0.05) is 141 Å². The molecule has 7 N–H and O–H groups in total. The van der Waals surface area contributed by atoms with Crippen molar-refractivity contribution in [1.82, 2.24) is 0 Å². The lowest BCUT2D eigenvalue weighted by atomic mass is 9.98. The van der Waals surface area contributed by atoms with Crippen molar-refractivity contribution in [2.24, 2.45) is 0 Å². The average Bonchev–Trinajstić information content (AvgIpc) is 3.28. The van der Waals surface area contributed by atoms with Gasteiger partial charge in [0.05, 0.1) is 19.8 Å². The van der Waals surface area contributed by atoms with E-state index in [1.165, 1.54) is 83.5 Å². The lowest BCUT2D eigenvalue weighted by molar-refractivity contribution is -0.332. The number of carbonyl (C=O) groups is 2. The van der Waals surface area contributed by atoms with Crippen LogP contribution in [0, 0.1) is 0 Å². The van der Waals surface area contributed by atoms with Gasteiger partial charge in [0.15, 0.2) is 18.7 Å². The molecule has 368 valence electrons. The molecule has 0 spiro atoms. The standard InChI is InChI=1S/C48H86O15/c1-3-5-7-9-10-11-12-13-14-15-16-17-18-19-20-21-22-23-24-25-26-27-29-31-40(51)61-36(33-58-39(50)30-28-8-6-4-2)34-59-47-46(57)44(55)42(53)38(63-47)35-60-48-45(56)43(54)41(52)37(32-49)62-48/h12-13,15-16,36-38,41-49,52-57H,3-11,14,17-35H2,1-2H3/b13-12-,16-15-. The first-order valence-corrected chi connectivity index (χ1v) is 24.4. The Kier molecular flexibility index (Phi) is 32.8. The maximum Gasteiger partial charge on any atom is 0.306 e. The van der Waals surface area contributed by atoms with Gasteiger partial charge in [0.2, 0.25) is 0 Å². The second kappa shape index (κ2) is 36.1. The summed E-state index contributed by atoms with van der Waals surface area (Å²) >= 11 is 0. The normalized spacial score (nSPS) is 27.0. The highest BCUT2D eigenvalue weighted by molar-refractivity contribution is 5.70. The van der Waals surface area contributed by atoms with Crippen LogP contribution < -0.4 is 0 Å². The van der Waals surface area contributed by atoms with Gasteiger partial charge in [0, 0.05) is 12.8 Å². The largest absolute Gasteiger partial charge is 0.462 e. The van der Waals surface area contributed by atoms with E-state index in [1.807, 2.05) is 0 Å². The Morgan fingerprint density at radius 1 is 0.508 bits per heavy atom. The minimum atomic E-state index is -1.76. The molecule has 0 aliphatic carbocycles. The van der Waals surface area contributed by atoms with E-state index in [-0.39, 0.29) is 26.1 Å². The van der Waals surface area contributed by atoms with Crippen LogP contribution in [0.25, 0.3) is 0 Å². The third kappa shape index (κ3) is 24.9. The molecule has 2 aliphatic heterocycles. The lowest BCUT2D eigenvalue weighted by Gasteiger charge is -2.42. The van der Waals surface area contributed by atoms with E-state index in [2.05, 4.69) is 38.2 Å². The zero-order chi connectivity index (χ0) is 46.1. The average molecular weight is 903 g/mol. The highest BCUT2D eigenvalue weighted by atomic mass is 16.7. The molecule has 0 aromatic carbocycles. The fourth-order valence-corrected chi connectivity index (χ4v) is 7.60. The molecule has 0 aromatic heterocycles. The number of unbranched alkanes of at least 4 members (excludes halogenated alkanes) is 19. The Morgan fingerprint density at radius 2 is 0.952 bits per heavy atom. The van der Waals surface area contributed by atoms with Crippen molar-refractivity contribution in [3.05, 3.63) is 24.3 Å². The Hall–Kier alpha value is -2.02. The molecule has 15 heteroatoms. The van der Waals surface area contributed by atoms with E-state index in [0.29, 0.717) is 12.8 Å². The van der Waals surface area contributed by atoms with Crippen LogP contribution >= 0.6 is 0 Å². The van der Waals surface area contributed by atoms with Crippen LogP contribution in [-0.4, -0.2) is 142 Å². The van der Waals surface area contributed by atoms with Crippen LogP contribution in [0.1, 0.15) is 174 Å². The molecule has 0 bridgehead atoms. The van der Waals surface area contributed by atoms with Gasteiger partial charge < -0.3 is 64.2 Å². The number of hydrogen-bond donors (Lipinski definition) is 7. The zero-order valence-electron chi connectivity index (χ0n) is 38.6. The van der Waals surface area contributed by atoms with Crippen molar-refractivity contribution in [3.63, 3.8) is 0 Å². The molecule has 11 atom stereocenters. The van der Waals surface area contributed by atoms with Gasteiger partial charge in [0.1, 0.15) is 55.4 Å². The van der Waals surface area contributed by atoms with Gasteiger partial charge in [-0.25, -0.2) is 0 Å². The number of aliphatic hydroxyl groups excluding tert-OH is 7. The number of hydrogen-bond acceptors (Lipinski definition) is 15. The summed E-state index contributed by atoms with van der Waals surface area (Å²) in [6.45, 7) is 2.43.